The molecule has 140 valence electrons. The molecule has 0 unspecified atom stereocenters. The van der Waals surface area contributed by atoms with Crippen molar-refractivity contribution in [3.63, 3.8) is 0 Å². The highest BCUT2D eigenvalue weighted by atomic mass is 32.2. The van der Waals surface area contributed by atoms with E-state index >= 15 is 0 Å². The van der Waals surface area contributed by atoms with E-state index in [0.717, 1.165) is 29.2 Å². The second kappa shape index (κ2) is 7.23. The highest BCUT2D eigenvalue weighted by Crippen LogP contribution is 2.25. The number of aliphatic imine (C=N–C) groups is 1. The lowest BCUT2D eigenvalue weighted by Gasteiger charge is -2.39. The number of hydrogen-bond acceptors (Lipinski definition) is 4. The summed E-state index contributed by atoms with van der Waals surface area (Å²) in [5.74, 6) is 1.19. The maximum Gasteiger partial charge on any atom is 0.194 e. The van der Waals surface area contributed by atoms with Crippen LogP contribution in [0.3, 0.4) is 0 Å². The quantitative estimate of drug-likeness (QED) is 0.631. The van der Waals surface area contributed by atoms with E-state index in [4.69, 9.17) is 0 Å². The van der Waals surface area contributed by atoms with Gasteiger partial charge >= 0.3 is 0 Å². The molecule has 0 radical (unpaired) electrons. The van der Waals surface area contributed by atoms with Gasteiger partial charge in [0.1, 0.15) is 5.75 Å². The topological polar surface area (TPSA) is 82.0 Å². The van der Waals surface area contributed by atoms with E-state index in [1.807, 2.05) is 37.8 Å². The summed E-state index contributed by atoms with van der Waals surface area (Å²) in [6.45, 7) is 11.4. The number of hydrogen-bond donors (Lipinski definition) is 2. The molecule has 1 fully saturated rings. The zero-order chi connectivity index (χ0) is 18.8. The number of benzene rings is 1. The van der Waals surface area contributed by atoms with Gasteiger partial charge in [-0.1, -0.05) is 12.1 Å². The second-order valence-electron chi connectivity index (χ2n) is 7.25. The minimum atomic E-state index is -3.08. The summed E-state index contributed by atoms with van der Waals surface area (Å²) in [5.41, 5.74) is 2.69. The first-order chi connectivity index (χ1) is 11.6. The van der Waals surface area contributed by atoms with Crippen LogP contribution in [-0.4, -0.2) is 54.5 Å². The highest BCUT2D eigenvalue weighted by molar-refractivity contribution is 7.92. The number of nitrogens with one attached hydrogen (secondary N) is 1. The van der Waals surface area contributed by atoms with Crippen molar-refractivity contribution in [2.45, 2.75) is 45.9 Å². The van der Waals surface area contributed by atoms with Gasteiger partial charge in [0.2, 0.25) is 0 Å². The van der Waals surface area contributed by atoms with Crippen molar-refractivity contribution in [2.24, 2.45) is 4.99 Å². The molecule has 0 atom stereocenters. The van der Waals surface area contributed by atoms with Crippen LogP contribution in [0.2, 0.25) is 0 Å². The summed E-state index contributed by atoms with van der Waals surface area (Å²) in [6.07, 6.45) is 0. The number of aromatic hydroxyl groups is 1. The Morgan fingerprint density at radius 1 is 1.32 bits per heavy atom. The molecule has 6 nitrogen and oxygen atoms in total. The Bertz CT molecular complexity index is 747. The van der Waals surface area contributed by atoms with E-state index in [0.29, 0.717) is 25.4 Å². The average molecular weight is 368 g/mol. The van der Waals surface area contributed by atoms with E-state index in [1.165, 1.54) is 0 Å². The molecule has 1 aromatic carbocycles. The standard InChI is InChI=1S/C18H29N3O3S/c1-6-19-17(21-7-8-25(23,24)18(4,5)12-21)20-11-15-9-13(2)16(22)14(3)10-15/h9-10,22H,6-8,11-12H2,1-5H3,(H,19,20). The van der Waals surface area contributed by atoms with Crippen molar-refractivity contribution in [3.8, 4) is 5.75 Å². The maximum absolute atomic E-state index is 12.2. The number of rotatable bonds is 3. The molecule has 0 spiro atoms. The lowest BCUT2D eigenvalue weighted by Crippen LogP contribution is -2.57. The molecule has 1 saturated heterocycles. The minimum absolute atomic E-state index is 0.141. The first-order valence-electron chi connectivity index (χ1n) is 8.62. The predicted octanol–water partition coefficient (Wildman–Crippen LogP) is 1.98. The third-order valence-corrected chi connectivity index (χ3v) is 7.17. The first-order valence-corrected chi connectivity index (χ1v) is 10.3. The highest BCUT2D eigenvalue weighted by Gasteiger charge is 2.40. The van der Waals surface area contributed by atoms with Crippen molar-refractivity contribution < 1.29 is 13.5 Å². The lowest BCUT2D eigenvalue weighted by atomic mass is 10.1. The molecule has 1 aromatic rings. The summed E-state index contributed by atoms with van der Waals surface area (Å²) >= 11 is 0. The summed E-state index contributed by atoms with van der Waals surface area (Å²) in [5, 5.41) is 13.1. The molecule has 2 rings (SSSR count). The first kappa shape index (κ1) is 19.6. The van der Waals surface area contributed by atoms with E-state index in [2.05, 4.69) is 10.3 Å². The van der Waals surface area contributed by atoms with E-state index in [9.17, 15) is 13.5 Å². The number of aryl methyl sites for hydroxylation is 2. The van der Waals surface area contributed by atoms with Gasteiger partial charge in [-0.2, -0.15) is 0 Å². The smallest absolute Gasteiger partial charge is 0.194 e. The van der Waals surface area contributed by atoms with Crippen LogP contribution in [0, 0.1) is 13.8 Å². The summed E-state index contributed by atoms with van der Waals surface area (Å²) < 4.78 is 23.6. The fourth-order valence-electron chi connectivity index (χ4n) is 3.05. The number of sulfone groups is 1. The van der Waals surface area contributed by atoms with Crippen LogP contribution in [0.4, 0.5) is 0 Å². The normalized spacial score (nSPS) is 19.7. The molecule has 7 heteroatoms. The Morgan fingerprint density at radius 2 is 1.92 bits per heavy atom. The Kier molecular flexibility index (Phi) is 5.66. The van der Waals surface area contributed by atoms with E-state index < -0.39 is 14.6 Å². The monoisotopic (exact) mass is 367 g/mol. The van der Waals surface area contributed by atoms with Gasteiger partial charge in [0.15, 0.2) is 15.8 Å². The molecule has 1 aliphatic heterocycles. The molecule has 0 amide bonds. The molecule has 0 bridgehead atoms. The molecule has 0 aromatic heterocycles. The Labute approximate surface area is 150 Å². The fraction of sp³-hybridized carbons (Fsp3) is 0.611. The maximum atomic E-state index is 12.2. The Morgan fingerprint density at radius 3 is 2.44 bits per heavy atom. The van der Waals surface area contributed by atoms with Crippen molar-refractivity contribution in [1.29, 1.82) is 0 Å². The molecule has 25 heavy (non-hydrogen) atoms. The molecular formula is C18H29N3O3S. The van der Waals surface area contributed by atoms with Gasteiger partial charge in [-0.15, -0.1) is 0 Å². The number of guanidine groups is 1. The Balaban J connectivity index is 2.22. The van der Waals surface area contributed by atoms with Crippen LogP contribution in [0.5, 0.6) is 5.75 Å². The zero-order valence-corrected chi connectivity index (χ0v) is 16.6. The third kappa shape index (κ3) is 4.26. The number of nitrogens with zero attached hydrogens (tertiary/aromatic N) is 2. The van der Waals surface area contributed by atoms with Crippen LogP contribution >= 0.6 is 0 Å². The van der Waals surface area contributed by atoms with Gasteiger partial charge in [0.05, 0.1) is 17.0 Å². The fourth-order valence-corrected chi connectivity index (χ4v) is 4.42. The summed E-state index contributed by atoms with van der Waals surface area (Å²) in [4.78, 5) is 6.71. The van der Waals surface area contributed by atoms with Crippen LogP contribution in [0.15, 0.2) is 17.1 Å². The van der Waals surface area contributed by atoms with Crippen LogP contribution < -0.4 is 5.32 Å². The number of phenols is 1. The molecule has 0 saturated carbocycles. The Hall–Kier alpha value is -1.76. The lowest BCUT2D eigenvalue weighted by molar-refractivity contribution is 0.353. The van der Waals surface area contributed by atoms with Gasteiger partial charge in [-0.05, 0) is 51.3 Å². The predicted molar refractivity (Wildman–Crippen MR) is 102 cm³/mol. The van der Waals surface area contributed by atoms with Crippen LogP contribution in [0.1, 0.15) is 37.5 Å². The van der Waals surface area contributed by atoms with Crippen LogP contribution in [0.25, 0.3) is 0 Å². The summed E-state index contributed by atoms with van der Waals surface area (Å²) in [7, 11) is -3.08. The van der Waals surface area contributed by atoms with Gasteiger partial charge in [0, 0.05) is 19.6 Å². The van der Waals surface area contributed by atoms with E-state index in [-0.39, 0.29) is 5.75 Å². The summed E-state index contributed by atoms with van der Waals surface area (Å²) in [6, 6.07) is 3.86. The van der Waals surface area contributed by atoms with Gasteiger partial charge in [-0.25, -0.2) is 13.4 Å². The minimum Gasteiger partial charge on any atom is -0.507 e. The molecule has 1 aliphatic rings. The molecular weight excluding hydrogens is 338 g/mol. The molecule has 0 aliphatic carbocycles. The zero-order valence-electron chi connectivity index (χ0n) is 15.8. The van der Waals surface area contributed by atoms with Gasteiger partial charge < -0.3 is 15.3 Å². The van der Waals surface area contributed by atoms with Crippen molar-refractivity contribution in [1.82, 2.24) is 10.2 Å². The second-order valence-corrected chi connectivity index (χ2v) is 9.99. The van der Waals surface area contributed by atoms with Gasteiger partial charge in [-0.3, -0.25) is 0 Å². The van der Waals surface area contributed by atoms with Crippen molar-refractivity contribution >= 4 is 15.8 Å². The average Bonchev–Trinajstić information content (AvgIpc) is 2.51. The molecule has 2 N–H and O–H groups in total. The molecule has 1 heterocycles. The van der Waals surface area contributed by atoms with Gasteiger partial charge in [0.25, 0.3) is 0 Å². The van der Waals surface area contributed by atoms with Crippen molar-refractivity contribution in [3.05, 3.63) is 28.8 Å². The largest absolute Gasteiger partial charge is 0.507 e. The van der Waals surface area contributed by atoms with Crippen molar-refractivity contribution in [2.75, 3.05) is 25.4 Å². The number of phenolic OH excluding ortho intramolecular Hbond substituents is 1. The SMILES string of the molecule is CCNC(=NCc1cc(C)c(O)c(C)c1)N1CCS(=O)(=O)C(C)(C)C1. The van der Waals surface area contributed by atoms with Crippen LogP contribution in [-0.2, 0) is 16.4 Å². The van der Waals surface area contributed by atoms with E-state index in [1.54, 1.807) is 13.8 Å². The third-order valence-electron chi connectivity index (χ3n) is 4.64.